The highest BCUT2D eigenvalue weighted by atomic mass is 32.2. The molecule has 1 aromatic carbocycles. The number of hydrogen-bond acceptors (Lipinski definition) is 4. The molecule has 1 heterocycles. The van der Waals surface area contributed by atoms with E-state index in [1.807, 2.05) is 25.1 Å². The van der Waals surface area contributed by atoms with Crippen molar-refractivity contribution < 1.29 is 23.0 Å². The molecule has 0 saturated heterocycles. The topological polar surface area (TPSA) is 86.8 Å². The summed E-state index contributed by atoms with van der Waals surface area (Å²) in [5, 5.41) is 13.3. The molecule has 0 atom stereocenters. The van der Waals surface area contributed by atoms with Crippen LogP contribution >= 0.6 is 0 Å². The van der Waals surface area contributed by atoms with Gasteiger partial charge in [-0.25, -0.2) is 13.2 Å². The summed E-state index contributed by atoms with van der Waals surface area (Å²) in [6, 6.07) is 6.87. The molecule has 25 heavy (non-hydrogen) atoms. The zero-order valence-electron chi connectivity index (χ0n) is 14.1. The van der Waals surface area contributed by atoms with Gasteiger partial charge in [-0.05, 0) is 35.3 Å². The average molecular weight is 359 g/mol. The summed E-state index contributed by atoms with van der Waals surface area (Å²) in [7, 11) is -3.25. The largest absolute Gasteiger partial charge is 0.476 e. The first kappa shape index (κ1) is 17.3. The van der Waals surface area contributed by atoms with Crippen molar-refractivity contribution in [3.8, 4) is 0 Å². The van der Waals surface area contributed by atoms with E-state index in [1.165, 1.54) is 10.9 Å². The Labute approximate surface area is 146 Å². The van der Waals surface area contributed by atoms with Gasteiger partial charge in [-0.2, -0.15) is 0 Å². The van der Waals surface area contributed by atoms with E-state index in [4.69, 9.17) is 5.11 Å². The van der Waals surface area contributed by atoms with Gasteiger partial charge in [0.15, 0.2) is 9.84 Å². The fourth-order valence-corrected chi connectivity index (χ4v) is 3.69. The number of carboxylic acid groups (broad SMARTS) is 1. The van der Waals surface area contributed by atoms with Crippen LogP contribution in [0.25, 0.3) is 5.57 Å². The Balaban J connectivity index is 1.83. The SMILES string of the molecule is CC1=N[N+](CC(=O)O)=C(C2=CC=C(c3cccc(S(C)(=O)=O)c3)C2)C1. The molecule has 0 radical (unpaired) electrons. The lowest BCUT2D eigenvalue weighted by molar-refractivity contribution is -0.520. The molecule has 0 amide bonds. The summed E-state index contributed by atoms with van der Waals surface area (Å²) in [4.78, 5) is 11.3. The summed E-state index contributed by atoms with van der Waals surface area (Å²) in [5.41, 5.74) is 4.65. The first-order valence-electron chi connectivity index (χ1n) is 7.84. The summed E-state index contributed by atoms with van der Waals surface area (Å²) >= 11 is 0. The van der Waals surface area contributed by atoms with Crippen LogP contribution in [0, 0.1) is 0 Å². The normalized spacial score (nSPS) is 17.4. The molecule has 0 spiro atoms. The highest BCUT2D eigenvalue weighted by Gasteiger charge is 2.30. The molecule has 1 aliphatic heterocycles. The van der Waals surface area contributed by atoms with Crippen molar-refractivity contribution in [2.45, 2.75) is 24.7 Å². The Kier molecular flexibility index (Phi) is 4.43. The molecular weight excluding hydrogens is 340 g/mol. The van der Waals surface area contributed by atoms with Crippen molar-refractivity contribution in [2.24, 2.45) is 5.10 Å². The van der Waals surface area contributed by atoms with Crippen LogP contribution in [0.5, 0.6) is 0 Å². The average Bonchev–Trinajstić information content (AvgIpc) is 3.13. The second-order valence-electron chi connectivity index (χ2n) is 6.27. The summed E-state index contributed by atoms with van der Waals surface area (Å²) in [6.45, 7) is 1.71. The van der Waals surface area contributed by atoms with Gasteiger partial charge >= 0.3 is 5.97 Å². The summed E-state index contributed by atoms with van der Waals surface area (Å²) in [5.74, 6) is -0.927. The van der Waals surface area contributed by atoms with E-state index in [9.17, 15) is 13.2 Å². The van der Waals surface area contributed by atoms with Crippen LogP contribution in [-0.2, 0) is 14.6 Å². The lowest BCUT2D eigenvalue weighted by atomic mass is 9.99. The molecule has 0 unspecified atom stereocenters. The predicted octanol–water partition coefficient (Wildman–Crippen LogP) is 2.12. The van der Waals surface area contributed by atoms with Gasteiger partial charge in [-0.15, -0.1) is 0 Å². The van der Waals surface area contributed by atoms with E-state index in [-0.39, 0.29) is 6.54 Å². The Morgan fingerprint density at radius 3 is 2.64 bits per heavy atom. The Hall–Kier alpha value is -2.54. The van der Waals surface area contributed by atoms with Crippen LogP contribution in [0.15, 0.2) is 52.0 Å². The molecule has 6 nitrogen and oxygen atoms in total. The van der Waals surface area contributed by atoms with Gasteiger partial charge in [0, 0.05) is 18.2 Å². The number of hydrogen-bond donors (Lipinski definition) is 1. The molecule has 3 rings (SSSR count). The molecule has 1 aromatic rings. The van der Waals surface area contributed by atoms with Crippen molar-refractivity contribution in [1.29, 1.82) is 0 Å². The second kappa shape index (κ2) is 6.40. The van der Waals surface area contributed by atoms with Crippen molar-refractivity contribution in [3.63, 3.8) is 0 Å². The van der Waals surface area contributed by atoms with Crippen LogP contribution in [0.2, 0.25) is 0 Å². The summed E-state index contributed by atoms with van der Waals surface area (Å²) < 4.78 is 25.0. The van der Waals surface area contributed by atoms with Gasteiger partial charge < -0.3 is 5.11 Å². The van der Waals surface area contributed by atoms with Gasteiger partial charge in [0.1, 0.15) is 0 Å². The van der Waals surface area contributed by atoms with E-state index in [1.54, 1.807) is 18.2 Å². The minimum Gasteiger partial charge on any atom is -0.476 e. The van der Waals surface area contributed by atoms with Crippen LogP contribution in [0.3, 0.4) is 0 Å². The maximum atomic E-state index is 11.7. The number of aliphatic carboxylic acids is 1. The fourth-order valence-electron chi connectivity index (χ4n) is 3.02. The highest BCUT2D eigenvalue weighted by molar-refractivity contribution is 7.90. The molecular formula is C18H19N2O4S+. The monoisotopic (exact) mass is 359 g/mol. The first-order chi connectivity index (χ1) is 11.7. The molecule has 0 fully saturated rings. The minimum absolute atomic E-state index is 0.164. The van der Waals surface area contributed by atoms with Crippen molar-refractivity contribution in [1.82, 2.24) is 0 Å². The van der Waals surface area contributed by atoms with Crippen molar-refractivity contribution >= 4 is 32.8 Å². The Morgan fingerprint density at radius 1 is 1.24 bits per heavy atom. The Morgan fingerprint density at radius 2 is 1.96 bits per heavy atom. The van der Waals surface area contributed by atoms with Gasteiger partial charge in [0.25, 0.3) is 6.54 Å². The van der Waals surface area contributed by atoms with Gasteiger partial charge in [-0.3, -0.25) is 0 Å². The smallest absolute Gasteiger partial charge is 0.372 e. The van der Waals surface area contributed by atoms with Gasteiger partial charge in [0.05, 0.1) is 17.0 Å². The zero-order chi connectivity index (χ0) is 18.2. The third-order valence-electron chi connectivity index (χ3n) is 4.18. The molecule has 2 aliphatic rings. The zero-order valence-corrected chi connectivity index (χ0v) is 14.9. The first-order valence-corrected chi connectivity index (χ1v) is 9.73. The molecule has 0 saturated carbocycles. The van der Waals surface area contributed by atoms with Crippen LogP contribution < -0.4 is 0 Å². The van der Waals surface area contributed by atoms with Gasteiger partial charge in [-0.1, -0.05) is 29.0 Å². The van der Waals surface area contributed by atoms with E-state index in [0.717, 1.165) is 28.1 Å². The van der Waals surface area contributed by atoms with Crippen molar-refractivity contribution in [2.75, 3.05) is 12.8 Å². The molecule has 0 bridgehead atoms. The molecule has 0 aromatic heterocycles. The lowest BCUT2D eigenvalue weighted by Crippen LogP contribution is -2.21. The van der Waals surface area contributed by atoms with Crippen LogP contribution in [0.1, 0.15) is 25.3 Å². The third-order valence-corrected chi connectivity index (χ3v) is 5.29. The third kappa shape index (κ3) is 3.76. The van der Waals surface area contributed by atoms with E-state index in [0.29, 0.717) is 17.7 Å². The molecule has 7 heteroatoms. The lowest BCUT2D eigenvalue weighted by Gasteiger charge is -2.06. The maximum Gasteiger partial charge on any atom is 0.372 e. The van der Waals surface area contributed by atoms with Crippen LogP contribution in [0.4, 0.5) is 0 Å². The molecule has 130 valence electrons. The molecule has 1 aliphatic carbocycles. The van der Waals surface area contributed by atoms with Crippen LogP contribution in [-0.4, -0.2) is 48.4 Å². The number of nitrogens with zero attached hydrogens (tertiary/aromatic N) is 2. The number of sulfone groups is 1. The number of allylic oxidation sites excluding steroid dienone is 4. The predicted molar refractivity (Wildman–Crippen MR) is 95.7 cm³/mol. The highest BCUT2D eigenvalue weighted by Crippen LogP contribution is 2.31. The molecule has 1 N–H and O–H groups in total. The number of benzene rings is 1. The quantitative estimate of drug-likeness (QED) is 0.816. The van der Waals surface area contributed by atoms with Crippen molar-refractivity contribution in [3.05, 3.63) is 47.6 Å². The number of rotatable bonds is 5. The van der Waals surface area contributed by atoms with Gasteiger partial charge in [0.2, 0.25) is 5.71 Å². The fraction of sp³-hybridized carbons (Fsp3) is 0.278. The second-order valence-corrected chi connectivity index (χ2v) is 8.29. The van der Waals surface area contributed by atoms with E-state index >= 15 is 0 Å². The number of carbonyl (C=O) groups is 1. The Bertz CT molecular complexity index is 982. The number of carboxylic acids is 1. The van der Waals surface area contributed by atoms with E-state index < -0.39 is 15.8 Å². The summed E-state index contributed by atoms with van der Waals surface area (Å²) in [6.07, 6.45) is 6.36. The van der Waals surface area contributed by atoms with E-state index in [2.05, 4.69) is 5.10 Å². The minimum atomic E-state index is -3.25. The number of hydrazone groups is 1. The standard InChI is InChI=1S/C18H18N2O4S/c1-12-8-17(20(19-12)11-18(21)22)15-7-6-14(9-15)13-4-3-5-16(10-13)25(2,23)24/h3-7,10H,8-9,11H2,1-2H3/p+1. The maximum absolute atomic E-state index is 11.7.